The second-order valence-corrected chi connectivity index (χ2v) is 9.31. The smallest absolute Gasteiger partial charge is 0.119 e. The number of imidazole rings is 1. The Labute approximate surface area is 181 Å². The molecule has 1 aliphatic heterocycles. The Balaban J connectivity index is 1.50. The maximum absolute atomic E-state index is 5.65. The predicted molar refractivity (Wildman–Crippen MR) is 122 cm³/mol. The molecule has 5 nitrogen and oxygen atoms in total. The molecule has 0 spiro atoms. The zero-order chi connectivity index (χ0) is 21.0. The highest BCUT2D eigenvalue weighted by molar-refractivity contribution is 5.43. The van der Waals surface area contributed by atoms with E-state index in [0.29, 0.717) is 12.0 Å². The van der Waals surface area contributed by atoms with Crippen molar-refractivity contribution in [1.82, 2.24) is 19.8 Å². The maximum atomic E-state index is 5.65. The van der Waals surface area contributed by atoms with Gasteiger partial charge in [-0.05, 0) is 94.4 Å². The van der Waals surface area contributed by atoms with Gasteiger partial charge in [-0.3, -0.25) is 0 Å². The number of methoxy groups -OCH3 is 1. The van der Waals surface area contributed by atoms with E-state index in [4.69, 9.17) is 4.74 Å². The molecule has 0 amide bonds. The molecule has 2 heterocycles. The quantitative estimate of drug-likeness (QED) is 0.671. The van der Waals surface area contributed by atoms with Crippen LogP contribution in [0.15, 0.2) is 36.9 Å². The number of aromatic nitrogens is 2. The van der Waals surface area contributed by atoms with Gasteiger partial charge in [0.25, 0.3) is 0 Å². The Morgan fingerprint density at radius 2 is 2.20 bits per heavy atom. The Hall–Kier alpha value is -1.85. The highest BCUT2D eigenvalue weighted by Gasteiger charge is 2.46. The molecule has 1 saturated heterocycles. The number of ether oxygens (including phenoxy) is 1. The Morgan fingerprint density at radius 3 is 3.00 bits per heavy atom. The highest BCUT2D eigenvalue weighted by atomic mass is 16.5. The van der Waals surface area contributed by atoms with Gasteiger partial charge in [0.05, 0.1) is 13.4 Å². The predicted octanol–water partition coefficient (Wildman–Crippen LogP) is 3.88. The molecule has 164 valence electrons. The molecular weight excluding hydrogens is 372 g/mol. The van der Waals surface area contributed by atoms with Crippen LogP contribution in [0, 0.1) is 5.92 Å². The van der Waals surface area contributed by atoms with Gasteiger partial charge in [-0.1, -0.05) is 13.0 Å². The Morgan fingerprint density at radius 1 is 1.30 bits per heavy atom. The van der Waals surface area contributed by atoms with Gasteiger partial charge in [-0.25, -0.2) is 4.98 Å². The number of hydrogen-bond donors (Lipinski definition) is 1. The fourth-order valence-corrected chi connectivity index (χ4v) is 6.03. The van der Waals surface area contributed by atoms with Crippen molar-refractivity contribution >= 4 is 0 Å². The number of likely N-dealkylation sites (tertiary alicyclic amines) is 1. The summed E-state index contributed by atoms with van der Waals surface area (Å²) in [5.41, 5.74) is 3.33. The first-order valence-electron chi connectivity index (χ1n) is 11.7. The molecule has 1 fully saturated rings. The van der Waals surface area contributed by atoms with Crippen LogP contribution in [0.1, 0.15) is 50.2 Å². The van der Waals surface area contributed by atoms with Crippen molar-refractivity contribution in [1.29, 1.82) is 0 Å². The molecule has 3 atom stereocenters. The van der Waals surface area contributed by atoms with Crippen LogP contribution in [-0.4, -0.2) is 54.3 Å². The molecule has 4 rings (SSSR count). The fourth-order valence-electron chi connectivity index (χ4n) is 6.03. The molecule has 2 aliphatic rings. The second kappa shape index (κ2) is 9.52. The normalized spacial score (nSPS) is 26.6. The van der Waals surface area contributed by atoms with Crippen LogP contribution in [0.2, 0.25) is 0 Å². The van der Waals surface area contributed by atoms with E-state index >= 15 is 0 Å². The summed E-state index contributed by atoms with van der Waals surface area (Å²) in [6, 6.07) is 7.50. The van der Waals surface area contributed by atoms with E-state index in [1.54, 1.807) is 18.2 Å². The van der Waals surface area contributed by atoms with E-state index in [1.165, 1.54) is 38.6 Å². The number of nitrogens with one attached hydrogen (secondary N) is 1. The maximum Gasteiger partial charge on any atom is 0.119 e. The number of rotatable bonds is 8. The van der Waals surface area contributed by atoms with Crippen LogP contribution < -0.4 is 10.1 Å². The average Bonchev–Trinajstić information content (AvgIpc) is 3.21. The van der Waals surface area contributed by atoms with Crippen LogP contribution >= 0.6 is 0 Å². The third kappa shape index (κ3) is 4.28. The zero-order valence-electron chi connectivity index (χ0n) is 18.9. The van der Waals surface area contributed by atoms with Crippen molar-refractivity contribution in [2.24, 2.45) is 5.92 Å². The van der Waals surface area contributed by atoms with E-state index in [9.17, 15) is 0 Å². The molecule has 2 aromatic rings. The van der Waals surface area contributed by atoms with E-state index < -0.39 is 0 Å². The zero-order valence-corrected chi connectivity index (χ0v) is 18.9. The highest BCUT2D eigenvalue weighted by Crippen LogP contribution is 2.49. The molecule has 2 bridgehead atoms. The third-order valence-electron chi connectivity index (χ3n) is 7.79. The largest absolute Gasteiger partial charge is 0.497 e. The van der Waals surface area contributed by atoms with Crippen LogP contribution in [0.4, 0.5) is 0 Å². The van der Waals surface area contributed by atoms with Gasteiger partial charge >= 0.3 is 0 Å². The van der Waals surface area contributed by atoms with Gasteiger partial charge < -0.3 is 19.5 Å². The number of hydrogen-bond acceptors (Lipinski definition) is 4. The second-order valence-electron chi connectivity index (χ2n) is 9.31. The van der Waals surface area contributed by atoms with Crippen LogP contribution in [0.25, 0.3) is 0 Å². The van der Waals surface area contributed by atoms with E-state index in [2.05, 4.69) is 51.9 Å². The topological polar surface area (TPSA) is 42.3 Å². The summed E-state index contributed by atoms with van der Waals surface area (Å²) in [6.45, 7) is 6.88. The molecule has 1 unspecified atom stereocenters. The molecule has 5 heteroatoms. The molecule has 0 radical (unpaired) electrons. The van der Waals surface area contributed by atoms with E-state index in [-0.39, 0.29) is 5.41 Å². The van der Waals surface area contributed by atoms with Crippen molar-refractivity contribution < 1.29 is 4.74 Å². The minimum Gasteiger partial charge on any atom is -0.497 e. The van der Waals surface area contributed by atoms with Crippen molar-refractivity contribution in [3.63, 3.8) is 0 Å². The lowest BCUT2D eigenvalue weighted by atomic mass is 9.64. The van der Waals surface area contributed by atoms with Crippen molar-refractivity contribution in [3.8, 4) is 5.75 Å². The Bertz CT molecular complexity index is 805. The van der Waals surface area contributed by atoms with E-state index in [0.717, 1.165) is 31.8 Å². The SMILES string of the molecule is COc1ccc2c(c1)C1(CCNCCCn3ccnc3)CCCN(C)[C@H](CC2)[C@@H]1C. The lowest BCUT2D eigenvalue weighted by molar-refractivity contribution is 0.142. The summed E-state index contributed by atoms with van der Waals surface area (Å²) in [5.74, 6) is 1.65. The first-order chi connectivity index (χ1) is 14.6. The van der Waals surface area contributed by atoms with E-state index in [1.807, 2.05) is 18.7 Å². The summed E-state index contributed by atoms with van der Waals surface area (Å²) >= 11 is 0. The van der Waals surface area contributed by atoms with Gasteiger partial charge in [-0.2, -0.15) is 0 Å². The standard InChI is InChI=1S/C25H38N4O/c1-20-24-9-7-21-6-8-22(30-3)18-23(21)25(20,10-4-15-28(24)2)11-13-26-12-5-16-29-17-14-27-19-29/h6,8,14,17-20,24,26H,4-5,7,9-13,15-16H2,1-3H3/t20-,24+,25?/m0/s1. The summed E-state index contributed by atoms with van der Waals surface area (Å²) in [7, 11) is 4.13. The van der Waals surface area contributed by atoms with Crippen molar-refractivity contribution in [3.05, 3.63) is 48.0 Å². The van der Waals surface area contributed by atoms with Crippen LogP contribution in [-0.2, 0) is 18.4 Å². The van der Waals surface area contributed by atoms with Crippen LogP contribution in [0.5, 0.6) is 5.75 Å². The third-order valence-corrected chi connectivity index (χ3v) is 7.79. The summed E-state index contributed by atoms with van der Waals surface area (Å²) < 4.78 is 7.81. The molecule has 0 saturated carbocycles. The number of benzene rings is 1. The molecule has 1 aromatic heterocycles. The number of aryl methyl sites for hydroxylation is 2. The summed E-state index contributed by atoms with van der Waals surface area (Å²) in [6.07, 6.45) is 13.1. The van der Waals surface area contributed by atoms with Gasteiger partial charge in [0.2, 0.25) is 0 Å². The molecular formula is C25H38N4O. The first kappa shape index (κ1) is 21.4. The molecule has 30 heavy (non-hydrogen) atoms. The number of nitrogens with zero attached hydrogens (tertiary/aromatic N) is 3. The Kier molecular flexibility index (Phi) is 6.79. The minimum absolute atomic E-state index is 0.229. The van der Waals surface area contributed by atoms with Gasteiger partial charge in [0.1, 0.15) is 5.75 Å². The molecule has 1 aromatic carbocycles. The molecule has 1 N–H and O–H groups in total. The lowest BCUT2D eigenvalue weighted by Gasteiger charge is -2.42. The first-order valence-corrected chi connectivity index (χ1v) is 11.7. The fraction of sp³-hybridized carbons (Fsp3) is 0.640. The van der Waals surface area contributed by atoms with Crippen molar-refractivity contribution in [2.45, 2.75) is 63.5 Å². The lowest BCUT2D eigenvalue weighted by Crippen LogP contribution is -2.44. The monoisotopic (exact) mass is 410 g/mol. The van der Waals surface area contributed by atoms with Gasteiger partial charge in [0.15, 0.2) is 0 Å². The average molecular weight is 411 g/mol. The van der Waals surface area contributed by atoms with Crippen molar-refractivity contribution in [2.75, 3.05) is 33.8 Å². The van der Waals surface area contributed by atoms with Gasteiger partial charge in [-0.15, -0.1) is 0 Å². The van der Waals surface area contributed by atoms with Crippen LogP contribution in [0.3, 0.4) is 0 Å². The summed E-state index contributed by atoms with van der Waals surface area (Å²) in [5, 5.41) is 3.75. The minimum atomic E-state index is 0.229. The summed E-state index contributed by atoms with van der Waals surface area (Å²) in [4.78, 5) is 6.76. The van der Waals surface area contributed by atoms with Gasteiger partial charge in [0, 0.05) is 30.4 Å². The number of fused-ring (bicyclic) bond motifs is 4. The molecule has 1 aliphatic carbocycles.